The van der Waals surface area contributed by atoms with Gasteiger partial charge in [-0.25, -0.2) is 0 Å². The van der Waals surface area contributed by atoms with Crippen LogP contribution < -0.4 is 5.19 Å². The third-order valence-electron chi connectivity index (χ3n) is 5.99. The van der Waals surface area contributed by atoms with E-state index >= 15 is 0 Å². The van der Waals surface area contributed by atoms with Crippen LogP contribution >= 0.6 is 0 Å². The largest absolute Gasteiger partial charge is 0.379 e. The van der Waals surface area contributed by atoms with Crippen molar-refractivity contribution < 1.29 is 4.74 Å². The summed E-state index contributed by atoms with van der Waals surface area (Å²) in [5.41, 5.74) is 3.28. The quantitative estimate of drug-likeness (QED) is 0.587. The lowest BCUT2D eigenvalue weighted by Gasteiger charge is -2.42. The average Bonchev–Trinajstić information content (AvgIpc) is 2.77. The second-order valence-corrected chi connectivity index (χ2v) is 12.2. The highest BCUT2D eigenvalue weighted by Crippen LogP contribution is 2.34. The molecule has 3 aromatic rings. The molecule has 1 saturated heterocycles. The zero-order valence-electron chi connectivity index (χ0n) is 16.6. The molecule has 4 rings (SSSR count). The first-order chi connectivity index (χ1) is 13.8. The zero-order chi connectivity index (χ0) is 19.2. The number of benzene rings is 3. The third-order valence-corrected chi connectivity index (χ3v) is 10.7. The summed E-state index contributed by atoms with van der Waals surface area (Å²) in [7, 11) is -1.95. The Balaban J connectivity index is 1.83. The summed E-state index contributed by atoms with van der Waals surface area (Å²) in [6.45, 7) is 6.33. The number of hydrogen-bond acceptors (Lipinski definition) is 2. The molecule has 0 spiro atoms. The minimum atomic E-state index is -1.95. The molecule has 3 heteroatoms. The van der Waals surface area contributed by atoms with Crippen LogP contribution in [0.15, 0.2) is 91.0 Å². The lowest BCUT2D eigenvalue weighted by molar-refractivity contribution is 0.0455. The molecule has 1 atom stereocenters. The van der Waals surface area contributed by atoms with Gasteiger partial charge < -0.3 is 9.64 Å². The van der Waals surface area contributed by atoms with Crippen LogP contribution in [0, 0.1) is 0 Å². The first-order valence-electron chi connectivity index (χ1n) is 10.2. The van der Waals surface area contributed by atoms with Crippen molar-refractivity contribution in [3.05, 3.63) is 102 Å². The normalized spacial score (nSPS) is 17.4. The van der Waals surface area contributed by atoms with Crippen molar-refractivity contribution in [2.24, 2.45) is 0 Å². The molecule has 1 unspecified atom stereocenters. The highest BCUT2D eigenvalue weighted by atomic mass is 28.3. The molecule has 2 nitrogen and oxygen atoms in total. The van der Waals surface area contributed by atoms with Crippen molar-refractivity contribution >= 4 is 13.3 Å². The van der Waals surface area contributed by atoms with Gasteiger partial charge in [-0.15, -0.1) is 0 Å². The van der Waals surface area contributed by atoms with Gasteiger partial charge >= 0.3 is 0 Å². The van der Waals surface area contributed by atoms with Crippen molar-refractivity contribution in [2.45, 2.75) is 12.1 Å². The monoisotopic (exact) mass is 387 g/mol. The zero-order valence-corrected chi connectivity index (χ0v) is 17.6. The highest BCUT2D eigenvalue weighted by molar-refractivity contribution is 6.92. The van der Waals surface area contributed by atoms with E-state index in [9.17, 15) is 0 Å². The predicted molar refractivity (Wildman–Crippen MR) is 120 cm³/mol. The van der Waals surface area contributed by atoms with Gasteiger partial charge in [0.2, 0.25) is 0 Å². The molecule has 0 aliphatic carbocycles. The van der Waals surface area contributed by atoms with E-state index in [-0.39, 0.29) is 0 Å². The van der Waals surface area contributed by atoms with Crippen molar-refractivity contribution in [1.82, 2.24) is 4.90 Å². The summed E-state index contributed by atoms with van der Waals surface area (Å²) in [6.07, 6.45) is 1.15. The van der Waals surface area contributed by atoms with Crippen molar-refractivity contribution in [3.63, 3.8) is 0 Å². The molecule has 3 aromatic carbocycles. The summed E-state index contributed by atoms with van der Waals surface area (Å²) < 4.78 is 5.62. The first-order valence-corrected chi connectivity index (χ1v) is 13.0. The molecule has 0 radical (unpaired) electrons. The third kappa shape index (κ3) is 4.12. The van der Waals surface area contributed by atoms with Crippen LogP contribution in [-0.4, -0.2) is 45.4 Å². The fourth-order valence-corrected chi connectivity index (χ4v) is 9.37. The molecule has 28 heavy (non-hydrogen) atoms. The maximum absolute atomic E-state index is 5.62. The maximum atomic E-state index is 5.62. The standard InChI is InChI=1S/C25H29NOSi/c1-28(24-15-9-4-10-16-24,21-26-17-19-27-20-18-26)25(22-11-5-2-6-12-22)23-13-7-3-8-14-23/h2-16,25H,17-21H2,1H3. The van der Waals surface area contributed by atoms with Crippen molar-refractivity contribution in [2.75, 3.05) is 32.5 Å². The van der Waals surface area contributed by atoms with Gasteiger partial charge in [-0.3, -0.25) is 0 Å². The summed E-state index contributed by atoms with van der Waals surface area (Å²) in [5, 5.41) is 1.53. The molecule has 0 bridgehead atoms. The van der Waals surface area contributed by atoms with Gasteiger partial charge in [0, 0.05) is 18.6 Å². The lowest BCUT2D eigenvalue weighted by Crippen LogP contribution is -2.60. The van der Waals surface area contributed by atoms with E-state index < -0.39 is 8.07 Å². The lowest BCUT2D eigenvalue weighted by atomic mass is 10.0. The average molecular weight is 388 g/mol. The van der Waals surface area contributed by atoms with Crippen molar-refractivity contribution in [1.29, 1.82) is 0 Å². The number of morpholine rings is 1. The van der Waals surface area contributed by atoms with Crippen LogP contribution in [0.25, 0.3) is 0 Å². The molecule has 0 saturated carbocycles. The number of ether oxygens (including phenoxy) is 1. The van der Waals surface area contributed by atoms with Gasteiger partial charge in [-0.2, -0.15) is 0 Å². The molecule has 1 aliphatic rings. The van der Waals surface area contributed by atoms with Gasteiger partial charge in [0.05, 0.1) is 13.2 Å². The molecule has 1 fully saturated rings. The molecule has 1 aliphatic heterocycles. The summed E-state index contributed by atoms with van der Waals surface area (Å²) in [5.74, 6) is 0. The van der Waals surface area contributed by atoms with Gasteiger partial charge in [0.15, 0.2) is 0 Å². The van der Waals surface area contributed by atoms with Crippen LogP contribution in [0.2, 0.25) is 6.55 Å². The topological polar surface area (TPSA) is 12.5 Å². The second kappa shape index (κ2) is 8.87. The Morgan fingerprint density at radius 1 is 0.750 bits per heavy atom. The van der Waals surface area contributed by atoms with E-state index in [1.165, 1.54) is 16.3 Å². The SMILES string of the molecule is C[Si](CN1CCOCC1)(c1ccccc1)C(c1ccccc1)c1ccccc1. The van der Waals surface area contributed by atoms with Crippen LogP contribution in [0.3, 0.4) is 0 Å². The molecule has 1 heterocycles. The fraction of sp³-hybridized carbons (Fsp3) is 0.280. The van der Waals surface area contributed by atoms with Gasteiger partial charge in [-0.05, 0) is 17.3 Å². The molecule has 0 aromatic heterocycles. The summed E-state index contributed by atoms with van der Waals surface area (Å²) in [6, 6.07) is 33.4. The molecule has 144 valence electrons. The van der Waals surface area contributed by atoms with E-state index in [0.29, 0.717) is 5.54 Å². The maximum Gasteiger partial charge on any atom is 0.109 e. The molecular weight excluding hydrogens is 358 g/mol. The fourth-order valence-electron chi connectivity index (χ4n) is 4.61. The molecule has 0 amide bonds. The molecule has 0 N–H and O–H groups in total. The van der Waals surface area contributed by atoms with Crippen molar-refractivity contribution in [3.8, 4) is 0 Å². The smallest absolute Gasteiger partial charge is 0.109 e. The Hall–Kier alpha value is -2.20. The Morgan fingerprint density at radius 2 is 1.21 bits per heavy atom. The molecular formula is C25H29NOSi. The summed E-state index contributed by atoms with van der Waals surface area (Å²) >= 11 is 0. The van der Waals surface area contributed by atoms with Gasteiger partial charge in [0.25, 0.3) is 0 Å². The van der Waals surface area contributed by atoms with Gasteiger partial charge in [-0.1, -0.05) is 103 Å². The predicted octanol–water partition coefficient (Wildman–Crippen LogP) is 4.21. The van der Waals surface area contributed by atoms with E-state index in [2.05, 4.69) is 102 Å². The number of nitrogens with zero attached hydrogens (tertiary/aromatic N) is 1. The highest BCUT2D eigenvalue weighted by Gasteiger charge is 2.41. The van der Waals surface area contributed by atoms with Crippen LogP contribution in [0.1, 0.15) is 16.7 Å². The summed E-state index contributed by atoms with van der Waals surface area (Å²) in [4.78, 5) is 2.63. The van der Waals surface area contributed by atoms with E-state index in [1.807, 2.05) is 0 Å². The first kappa shape index (κ1) is 19.1. The second-order valence-electron chi connectivity index (χ2n) is 7.93. The minimum absolute atomic E-state index is 0.417. The number of hydrogen-bond donors (Lipinski definition) is 0. The van der Waals surface area contributed by atoms with Gasteiger partial charge in [0.1, 0.15) is 8.07 Å². The Labute approximate surface area is 169 Å². The van der Waals surface area contributed by atoms with Crippen LogP contribution in [0.4, 0.5) is 0 Å². The van der Waals surface area contributed by atoms with Crippen LogP contribution in [0.5, 0.6) is 0 Å². The van der Waals surface area contributed by atoms with E-state index in [0.717, 1.165) is 32.5 Å². The number of rotatable bonds is 6. The van der Waals surface area contributed by atoms with Crippen LogP contribution in [-0.2, 0) is 4.74 Å². The Bertz CT molecular complexity index is 810. The minimum Gasteiger partial charge on any atom is -0.379 e. The van der Waals surface area contributed by atoms with E-state index in [1.54, 1.807) is 0 Å². The Kier molecular flexibility index (Phi) is 6.06. The van der Waals surface area contributed by atoms with E-state index in [4.69, 9.17) is 4.74 Å². The Morgan fingerprint density at radius 3 is 1.71 bits per heavy atom.